The van der Waals surface area contributed by atoms with Crippen LogP contribution in [0.15, 0.2) is 79.6 Å². The van der Waals surface area contributed by atoms with E-state index in [1.165, 1.54) is 16.3 Å². The van der Waals surface area contributed by atoms with Crippen molar-refractivity contribution in [3.63, 3.8) is 0 Å². The van der Waals surface area contributed by atoms with Crippen LogP contribution in [0.5, 0.6) is 0 Å². The minimum Gasteiger partial charge on any atom is -0.333 e. The molecule has 2 fully saturated rings. The average molecular weight is 437 g/mol. The van der Waals surface area contributed by atoms with Crippen molar-refractivity contribution in [1.82, 2.24) is 19.4 Å². The minimum atomic E-state index is 0.201. The fourth-order valence-corrected chi connectivity index (χ4v) is 5.92. The van der Waals surface area contributed by atoms with Crippen LogP contribution in [0.3, 0.4) is 0 Å². The Labute approximate surface area is 194 Å². The largest absolute Gasteiger partial charge is 0.333 e. The van der Waals surface area contributed by atoms with E-state index in [0.29, 0.717) is 18.0 Å². The van der Waals surface area contributed by atoms with Gasteiger partial charge in [-0.25, -0.2) is 4.98 Å². The summed E-state index contributed by atoms with van der Waals surface area (Å²) in [5.41, 5.74) is 3.34. The number of piperidine rings is 1. The van der Waals surface area contributed by atoms with Crippen LogP contribution in [0.4, 0.5) is 0 Å². The van der Waals surface area contributed by atoms with Gasteiger partial charge in [-0.1, -0.05) is 30.3 Å². The Morgan fingerprint density at radius 3 is 2.61 bits per heavy atom. The van der Waals surface area contributed by atoms with E-state index in [1.807, 2.05) is 41.6 Å². The number of amides is 1. The van der Waals surface area contributed by atoms with Gasteiger partial charge in [0.25, 0.3) is 5.91 Å². The van der Waals surface area contributed by atoms with E-state index in [9.17, 15) is 4.79 Å². The Balaban J connectivity index is 1.15. The summed E-state index contributed by atoms with van der Waals surface area (Å²) in [6.07, 6.45) is 14.9. The number of fused-ring (bicyclic) bond motifs is 3. The summed E-state index contributed by atoms with van der Waals surface area (Å²) in [4.78, 5) is 24.1. The standard InChI is InChI=1S/C28H28N4O/c33-28(24-3-1-2-21(14-24)18-31-11-10-30-19-31)32-26-6-7-27(32)16-22(15-26)12-20-4-5-25-17-29-9-8-23(25)13-20/h1-5,8-11,13-14,17,19,22,26-27H,6-7,12,15-16,18H2/t26-,27-/m0/s1. The zero-order valence-electron chi connectivity index (χ0n) is 18.7. The average Bonchev–Trinajstić information content (AvgIpc) is 3.44. The van der Waals surface area contributed by atoms with Crippen LogP contribution in [0.2, 0.25) is 0 Å². The van der Waals surface area contributed by atoms with Crippen LogP contribution in [-0.4, -0.2) is 37.4 Å². The van der Waals surface area contributed by atoms with Crippen molar-refractivity contribution in [3.05, 3.63) is 96.3 Å². The Hall–Kier alpha value is -3.47. The quantitative estimate of drug-likeness (QED) is 0.437. The first kappa shape index (κ1) is 20.2. The molecule has 4 heterocycles. The van der Waals surface area contributed by atoms with Crippen LogP contribution in [0, 0.1) is 5.92 Å². The summed E-state index contributed by atoms with van der Waals surface area (Å²) >= 11 is 0. The Kier molecular flexibility index (Phi) is 5.17. The second kappa shape index (κ2) is 8.47. The molecule has 166 valence electrons. The van der Waals surface area contributed by atoms with Crippen LogP contribution < -0.4 is 0 Å². The van der Waals surface area contributed by atoms with Crippen LogP contribution in [0.1, 0.15) is 47.2 Å². The number of carbonyl (C=O) groups is 1. The fraction of sp³-hybridized carbons (Fsp3) is 0.321. The van der Waals surface area contributed by atoms with Crippen LogP contribution >= 0.6 is 0 Å². The molecule has 2 aliphatic rings. The highest BCUT2D eigenvalue weighted by atomic mass is 16.2. The molecule has 2 aliphatic heterocycles. The lowest BCUT2D eigenvalue weighted by atomic mass is 9.85. The molecule has 0 unspecified atom stereocenters. The van der Waals surface area contributed by atoms with Gasteiger partial charge >= 0.3 is 0 Å². The highest BCUT2D eigenvalue weighted by molar-refractivity contribution is 5.95. The summed E-state index contributed by atoms with van der Waals surface area (Å²) in [7, 11) is 0. The van der Waals surface area contributed by atoms with Crippen molar-refractivity contribution in [2.45, 2.75) is 50.7 Å². The number of rotatable bonds is 5. The molecular weight excluding hydrogens is 408 g/mol. The summed E-state index contributed by atoms with van der Waals surface area (Å²) in [6.45, 7) is 0.734. The molecule has 2 bridgehead atoms. The van der Waals surface area contributed by atoms with Gasteiger partial charge in [-0.05, 0) is 72.7 Å². The van der Waals surface area contributed by atoms with E-state index >= 15 is 0 Å². The molecular formula is C28H28N4O. The number of hydrogen-bond donors (Lipinski definition) is 0. The molecule has 0 radical (unpaired) electrons. The number of aromatic nitrogens is 3. The monoisotopic (exact) mass is 436 g/mol. The van der Waals surface area contributed by atoms with Gasteiger partial charge in [0, 0.05) is 54.4 Å². The van der Waals surface area contributed by atoms with Crippen LogP contribution in [-0.2, 0) is 13.0 Å². The number of nitrogens with zero attached hydrogens (tertiary/aromatic N) is 4. The van der Waals surface area contributed by atoms with Gasteiger partial charge in [0.2, 0.25) is 0 Å². The third-order valence-electron chi connectivity index (χ3n) is 7.39. The molecule has 2 atom stereocenters. The second-order valence-corrected chi connectivity index (χ2v) is 9.63. The maximum absolute atomic E-state index is 13.5. The molecule has 1 amide bonds. The van der Waals surface area contributed by atoms with Crippen molar-refractivity contribution in [2.24, 2.45) is 5.92 Å². The Bertz CT molecular complexity index is 1270. The maximum Gasteiger partial charge on any atom is 0.254 e. The lowest BCUT2D eigenvalue weighted by molar-refractivity contribution is 0.0524. The van der Waals surface area contributed by atoms with Crippen molar-refractivity contribution in [1.29, 1.82) is 0 Å². The highest BCUT2D eigenvalue weighted by Gasteiger charge is 2.43. The lowest BCUT2D eigenvalue weighted by Crippen LogP contribution is -2.46. The van der Waals surface area contributed by atoms with Crippen molar-refractivity contribution in [2.75, 3.05) is 0 Å². The first-order valence-electron chi connectivity index (χ1n) is 11.9. The fourth-order valence-electron chi connectivity index (χ4n) is 5.92. The predicted octanol–water partition coefficient (Wildman–Crippen LogP) is 5.11. The molecule has 33 heavy (non-hydrogen) atoms. The van der Waals surface area contributed by atoms with Crippen molar-refractivity contribution < 1.29 is 4.79 Å². The summed E-state index contributed by atoms with van der Waals surface area (Å²) in [5.74, 6) is 0.838. The Morgan fingerprint density at radius 2 is 1.79 bits per heavy atom. The predicted molar refractivity (Wildman–Crippen MR) is 129 cm³/mol. The smallest absolute Gasteiger partial charge is 0.254 e. The minimum absolute atomic E-state index is 0.201. The van der Waals surface area contributed by atoms with E-state index in [1.54, 1.807) is 6.20 Å². The van der Waals surface area contributed by atoms with Gasteiger partial charge in [-0.3, -0.25) is 9.78 Å². The molecule has 6 rings (SSSR count). The maximum atomic E-state index is 13.5. The van der Waals surface area contributed by atoms with E-state index in [2.05, 4.69) is 51.3 Å². The van der Waals surface area contributed by atoms with Gasteiger partial charge in [-0.2, -0.15) is 0 Å². The first-order valence-corrected chi connectivity index (χ1v) is 11.9. The molecule has 2 saturated heterocycles. The molecule has 4 aromatic rings. The molecule has 2 aromatic carbocycles. The number of benzene rings is 2. The van der Waals surface area contributed by atoms with Crippen molar-refractivity contribution >= 4 is 16.7 Å². The Morgan fingerprint density at radius 1 is 0.909 bits per heavy atom. The van der Waals surface area contributed by atoms with E-state index in [4.69, 9.17) is 0 Å². The summed E-state index contributed by atoms with van der Waals surface area (Å²) < 4.78 is 2.03. The first-order chi connectivity index (χ1) is 16.2. The van der Waals surface area contributed by atoms with Crippen molar-refractivity contribution in [3.8, 4) is 0 Å². The summed E-state index contributed by atoms with van der Waals surface area (Å²) in [5, 5.41) is 2.45. The van der Waals surface area contributed by atoms with E-state index in [-0.39, 0.29) is 5.91 Å². The van der Waals surface area contributed by atoms with E-state index < -0.39 is 0 Å². The second-order valence-electron chi connectivity index (χ2n) is 9.63. The molecule has 0 spiro atoms. The van der Waals surface area contributed by atoms with E-state index in [0.717, 1.165) is 49.8 Å². The number of hydrogen-bond acceptors (Lipinski definition) is 3. The van der Waals surface area contributed by atoms with Gasteiger partial charge in [0.1, 0.15) is 0 Å². The van der Waals surface area contributed by atoms with Gasteiger partial charge < -0.3 is 9.47 Å². The topological polar surface area (TPSA) is 51.0 Å². The van der Waals surface area contributed by atoms with Crippen LogP contribution in [0.25, 0.3) is 10.8 Å². The molecule has 2 aromatic heterocycles. The molecule has 0 aliphatic carbocycles. The highest BCUT2D eigenvalue weighted by Crippen LogP contribution is 2.41. The van der Waals surface area contributed by atoms with Gasteiger partial charge in [0.05, 0.1) is 6.33 Å². The lowest BCUT2D eigenvalue weighted by Gasteiger charge is -2.39. The normalized spacial score (nSPS) is 22.1. The molecule has 5 nitrogen and oxygen atoms in total. The third-order valence-corrected chi connectivity index (χ3v) is 7.39. The molecule has 0 N–H and O–H groups in total. The summed E-state index contributed by atoms with van der Waals surface area (Å²) in [6, 6.07) is 17.7. The number of imidazole rings is 1. The van der Waals surface area contributed by atoms with Gasteiger partial charge in [-0.15, -0.1) is 0 Å². The third kappa shape index (κ3) is 4.04. The zero-order chi connectivity index (χ0) is 22.2. The number of carbonyl (C=O) groups excluding carboxylic acids is 1. The SMILES string of the molecule is O=C(c1cccc(Cn2ccnc2)c1)N1[C@H]2CC[C@H]1CC(Cc1ccc3cnccc3c1)C2. The zero-order valence-corrected chi connectivity index (χ0v) is 18.7. The number of pyridine rings is 1. The molecule has 0 saturated carbocycles. The molecule has 5 heteroatoms. The van der Waals surface area contributed by atoms with Gasteiger partial charge in [0.15, 0.2) is 0 Å².